The molecule has 1 heterocycles. The van der Waals surface area contributed by atoms with Gasteiger partial charge in [-0.05, 0) is 31.9 Å². The fraction of sp³-hybridized carbons (Fsp3) is 0.500. The van der Waals surface area contributed by atoms with Gasteiger partial charge in [0.25, 0.3) is 0 Å². The Morgan fingerprint density at radius 3 is 3.06 bits per heavy atom. The lowest BCUT2D eigenvalue weighted by Crippen LogP contribution is -2.30. The van der Waals surface area contributed by atoms with Crippen LogP contribution in [0.1, 0.15) is 26.2 Å². The molecular formula is C14H19NO3. The number of hydrogen-bond donors (Lipinski definition) is 2. The molecule has 0 aromatic heterocycles. The average Bonchev–Trinajstić information content (AvgIpc) is 2.49. The molecule has 98 valence electrons. The first-order chi connectivity index (χ1) is 8.66. The van der Waals surface area contributed by atoms with Gasteiger partial charge in [0.05, 0.1) is 12.3 Å². The van der Waals surface area contributed by atoms with E-state index in [2.05, 4.69) is 5.32 Å². The largest absolute Gasteiger partial charge is 0.491 e. The number of Topliss-reactive ketones (excluding diaryl/α,β-unsaturated/α-hetero) is 1. The second-order valence-corrected chi connectivity index (χ2v) is 4.75. The zero-order valence-electron chi connectivity index (χ0n) is 10.6. The number of nitrogens with one attached hydrogen (secondary N) is 1. The highest BCUT2D eigenvalue weighted by molar-refractivity contribution is 5.75. The fourth-order valence-electron chi connectivity index (χ4n) is 2.13. The predicted octanol–water partition coefficient (Wildman–Crippen LogP) is 2.18. The van der Waals surface area contributed by atoms with Crippen LogP contribution in [0.3, 0.4) is 0 Å². The van der Waals surface area contributed by atoms with Gasteiger partial charge in [-0.3, -0.25) is 0 Å². The number of aliphatic hydroxyl groups excluding tert-OH is 1. The number of fused-ring (bicyclic) bond motifs is 1. The van der Waals surface area contributed by atoms with Crippen LogP contribution in [0.25, 0.3) is 0 Å². The monoisotopic (exact) mass is 249 g/mol. The molecule has 0 saturated carbocycles. The Bertz CT molecular complexity index is 419. The molecule has 1 aromatic carbocycles. The molecule has 0 amide bonds. The first kappa shape index (κ1) is 12.9. The lowest BCUT2D eigenvalue weighted by Gasteiger charge is -2.20. The number of ketones is 1. The molecule has 0 bridgehead atoms. The summed E-state index contributed by atoms with van der Waals surface area (Å²) in [7, 11) is 0. The van der Waals surface area contributed by atoms with Crippen molar-refractivity contribution in [3.63, 3.8) is 0 Å². The van der Waals surface area contributed by atoms with Gasteiger partial charge in [0.1, 0.15) is 17.8 Å². The molecule has 2 rings (SSSR count). The Labute approximate surface area is 107 Å². The fourth-order valence-corrected chi connectivity index (χ4v) is 2.13. The molecule has 18 heavy (non-hydrogen) atoms. The topological polar surface area (TPSA) is 58.6 Å². The van der Waals surface area contributed by atoms with Crippen LogP contribution in [0.4, 0.5) is 5.69 Å². The van der Waals surface area contributed by atoms with E-state index in [1.54, 1.807) is 6.92 Å². The Hall–Kier alpha value is -1.55. The van der Waals surface area contributed by atoms with E-state index in [4.69, 9.17) is 4.74 Å². The second-order valence-electron chi connectivity index (χ2n) is 4.75. The highest BCUT2D eigenvalue weighted by Gasteiger charge is 2.24. The van der Waals surface area contributed by atoms with Gasteiger partial charge >= 0.3 is 0 Å². The van der Waals surface area contributed by atoms with Crippen molar-refractivity contribution < 1.29 is 14.6 Å². The maximum absolute atomic E-state index is 10.9. The number of hydrogen-bond acceptors (Lipinski definition) is 4. The molecule has 1 aliphatic rings. The summed E-state index contributed by atoms with van der Waals surface area (Å²) in [4.78, 5) is 10.9. The summed E-state index contributed by atoms with van der Waals surface area (Å²) < 4.78 is 5.68. The van der Waals surface area contributed by atoms with Gasteiger partial charge in [-0.25, -0.2) is 0 Å². The molecule has 4 heteroatoms. The van der Waals surface area contributed by atoms with E-state index in [-0.39, 0.29) is 11.7 Å². The van der Waals surface area contributed by atoms with Gasteiger partial charge in [-0.2, -0.15) is 0 Å². The van der Waals surface area contributed by atoms with E-state index in [1.165, 1.54) is 0 Å². The maximum atomic E-state index is 10.9. The van der Waals surface area contributed by atoms with Crippen LogP contribution in [0.15, 0.2) is 24.3 Å². The minimum Gasteiger partial charge on any atom is -0.491 e. The first-order valence-electron chi connectivity index (χ1n) is 6.32. The molecule has 1 aliphatic heterocycles. The van der Waals surface area contributed by atoms with Crippen LogP contribution in [-0.2, 0) is 4.79 Å². The van der Waals surface area contributed by atoms with Gasteiger partial charge in [0.2, 0.25) is 0 Å². The van der Waals surface area contributed by atoms with Crippen LogP contribution in [0.2, 0.25) is 0 Å². The minimum atomic E-state index is -0.624. The number of para-hydroxylation sites is 2. The van der Waals surface area contributed by atoms with E-state index in [1.807, 2.05) is 24.3 Å². The number of ether oxygens (including phenoxy) is 1. The van der Waals surface area contributed by atoms with Crippen molar-refractivity contribution in [1.29, 1.82) is 0 Å². The zero-order valence-corrected chi connectivity index (χ0v) is 10.6. The van der Waals surface area contributed by atoms with Crippen LogP contribution in [-0.4, -0.2) is 23.7 Å². The summed E-state index contributed by atoms with van der Waals surface area (Å²) in [5.41, 5.74) is 0.819. The third kappa shape index (κ3) is 3.23. The number of anilines is 1. The summed E-state index contributed by atoms with van der Waals surface area (Å²) in [6, 6.07) is 7.57. The highest BCUT2D eigenvalue weighted by atomic mass is 16.5. The lowest BCUT2D eigenvalue weighted by molar-refractivity contribution is -0.117. The Morgan fingerprint density at radius 2 is 2.28 bits per heavy atom. The SMILES string of the molecule is CC(=O)CCC[C@H]1COc2ccccc2NC1O. The van der Waals surface area contributed by atoms with Crippen molar-refractivity contribution in [2.24, 2.45) is 5.92 Å². The molecular weight excluding hydrogens is 230 g/mol. The van der Waals surface area contributed by atoms with Gasteiger partial charge < -0.3 is 20.0 Å². The van der Waals surface area contributed by atoms with E-state index < -0.39 is 6.23 Å². The van der Waals surface area contributed by atoms with Crippen molar-refractivity contribution in [3.05, 3.63) is 24.3 Å². The van der Waals surface area contributed by atoms with Crippen molar-refractivity contribution in [3.8, 4) is 5.75 Å². The number of carbonyl (C=O) groups excluding carboxylic acids is 1. The third-order valence-corrected chi connectivity index (χ3v) is 3.19. The minimum absolute atomic E-state index is 0.0109. The van der Waals surface area contributed by atoms with Gasteiger partial charge in [-0.1, -0.05) is 12.1 Å². The summed E-state index contributed by atoms with van der Waals surface area (Å²) in [6.45, 7) is 2.07. The maximum Gasteiger partial charge on any atom is 0.142 e. The van der Waals surface area contributed by atoms with E-state index in [0.717, 1.165) is 24.3 Å². The Morgan fingerprint density at radius 1 is 1.50 bits per heavy atom. The van der Waals surface area contributed by atoms with Gasteiger partial charge in [0.15, 0.2) is 0 Å². The molecule has 0 fully saturated rings. The quantitative estimate of drug-likeness (QED) is 0.858. The van der Waals surface area contributed by atoms with E-state index in [9.17, 15) is 9.90 Å². The van der Waals surface area contributed by atoms with Crippen molar-refractivity contribution in [2.75, 3.05) is 11.9 Å². The van der Waals surface area contributed by atoms with Crippen molar-refractivity contribution >= 4 is 11.5 Å². The molecule has 0 aliphatic carbocycles. The summed E-state index contributed by atoms with van der Waals surface area (Å²) in [6.07, 6.45) is 1.51. The Kier molecular flexibility index (Phi) is 4.20. The van der Waals surface area contributed by atoms with Crippen molar-refractivity contribution in [1.82, 2.24) is 0 Å². The van der Waals surface area contributed by atoms with Gasteiger partial charge in [-0.15, -0.1) is 0 Å². The van der Waals surface area contributed by atoms with Gasteiger partial charge in [0, 0.05) is 12.3 Å². The van der Waals surface area contributed by atoms with Crippen molar-refractivity contribution in [2.45, 2.75) is 32.4 Å². The Balaban J connectivity index is 1.94. The normalized spacial score (nSPS) is 22.3. The third-order valence-electron chi connectivity index (χ3n) is 3.19. The highest BCUT2D eigenvalue weighted by Crippen LogP contribution is 2.30. The lowest BCUT2D eigenvalue weighted by atomic mass is 10.0. The molecule has 2 N–H and O–H groups in total. The van der Waals surface area contributed by atoms with Crippen LogP contribution < -0.4 is 10.1 Å². The molecule has 1 aromatic rings. The number of benzene rings is 1. The number of aliphatic hydroxyl groups is 1. The van der Waals surface area contributed by atoms with Crippen LogP contribution in [0, 0.1) is 5.92 Å². The van der Waals surface area contributed by atoms with Crippen LogP contribution >= 0.6 is 0 Å². The molecule has 2 atom stereocenters. The molecule has 0 spiro atoms. The second kappa shape index (κ2) is 5.87. The zero-order chi connectivity index (χ0) is 13.0. The molecule has 0 radical (unpaired) electrons. The standard InChI is InChI=1S/C14H19NO3/c1-10(16)5-4-6-11-9-18-13-8-3-2-7-12(13)15-14(11)17/h2-3,7-8,11,14-15,17H,4-6,9H2,1H3/t11-,14?/m0/s1. The first-order valence-corrected chi connectivity index (χ1v) is 6.32. The van der Waals surface area contributed by atoms with E-state index >= 15 is 0 Å². The number of rotatable bonds is 4. The summed E-state index contributed by atoms with van der Waals surface area (Å²) in [5, 5.41) is 13.1. The van der Waals surface area contributed by atoms with E-state index in [0.29, 0.717) is 13.0 Å². The molecule has 1 unspecified atom stereocenters. The summed E-state index contributed by atoms with van der Waals surface area (Å²) in [5.74, 6) is 0.970. The smallest absolute Gasteiger partial charge is 0.142 e. The number of carbonyl (C=O) groups is 1. The predicted molar refractivity (Wildman–Crippen MR) is 69.6 cm³/mol. The summed E-state index contributed by atoms with van der Waals surface area (Å²) >= 11 is 0. The van der Waals surface area contributed by atoms with Crippen LogP contribution in [0.5, 0.6) is 5.75 Å². The molecule has 4 nitrogen and oxygen atoms in total. The molecule has 0 saturated heterocycles. The average molecular weight is 249 g/mol.